The van der Waals surface area contributed by atoms with E-state index in [-0.39, 0.29) is 5.91 Å². The van der Waals surface area contributed by atoms with E-state index in [0.717, 1.165) is 17.0 Å². The van der Waals surface area contributed by atoms with Crippen LogP contribution in [0.15, 0.2) is 11.4 Å². The van der Waals surface area contributed by atoms with E-state index in [4.69, 9.17) is 0 Å². The first-order valence-electron chi connectivity index (χ1n) is 5.94. The van der Waals surface area contributed by atoms with Gasteiger partial charge in [-0.05, 0) is 42.7 Å². The zero-order valence-corrected chi connectivity index (χ0v) is 11.0. The van der Waals surface area contributed by atoms with Crippen molar-refractivity contribution in [3.05, 3.63) is 21.9 Å². The van der Waals surface area contributed by atoms with Crippen molar-refractivity contribution in [3.63, 3.8) is 0 Å². The molecule has 88 valence electrons. The quantitative estimate of drug-likeness (QED) is 0.786. The van der Waals surface area contributed by atoms with Crippen molar-refractivity contribution in [3.8, 4) is 0 Å². The summed E-state index contributed by atoms with van der Waals surface area (Å²) in [6.07, 6.45) is 2.37. The highest BCUT2D eigenvalue weighted by atomic mass is 32.1. The Bertz CT molecular complexity index is 379. The molecule has 16 heavy (non-hydrogen) atoms. The Morgan fingerprint density at radius 2 is 2.25 bits per heavy atom. The Labute approximate surface area is 101 Å². The summed E-state index contributed by atoms with van der Waals surface area (Å²) in [5.41, 5.74) is 1.12. The van der Waals surface area contributed by atoms with Gasteiger partial charge in [-0.25, -0.2) is 0 Å². The molecule has 0 unspecified atom stereocenters. The molecule has 1 fully saturated rings. The highest BCUT2D eigenvalue weighted by Crippen LogP contribution is 2.30. The summed E-state index contributed by atoms with van der Waals surface area (Å²) >= 11 is 1.57. The third-order valence-corrected chi connectivity index (χ3v) is 3.87. The molecular weight excluding hydrogens is 218 g/mol. The van der Waals surface area contributed by atoms with Gasteiger partial charge in [0, 0.05) is 12.6 Å². The first-order valence-corrected chi connectivity index (χ1v) is 6.82. The lowest BCUT2D eigenvalue weighted by Gasteiger charge is -2.24. The van der Waals surface area contributed by atoms with Gasteiger partial charge >= 0.3 is 0 Å². The van der Waals surface area contributed by atoms with Crippen molar-refractivity contribution in [2.75, 3.05) is 6.54 Å². The second-order valence-corrected chi connectivity index (χ2v) is 5.93. The number of carbonyl (C=O) groups is 1. The highest BCUT2D eigenvalue weighted by molar-refractivity contribution is 7.12. The van der Waals surface area contributed by atoms with Crippen molar-refractivity contribution in [1.29, 1.82) is 0 Å². The van der Waals surface area contributed by atoms with Crippen molar-refractivity contribution < 1.29 is 4.79 Å². The zero-order chi connectivity index (χ0) is 11.7. The minimum atomic E-state index is 0.240. The Morgan fingerprint density at radius 1 is 1.56 bits per heavy atom. The second-order valence-electron chi connectivity index (χ2n) is 5.02. The molecule has 1 amide bonds. The van der Waals surface area contributed by atoms with Gasteiger partial charge < -0.3 is 4.90 Å². The molecule has 3 heteroatoms. The molecule has 0 spiro atoms. The van der Waals surface area contributed by atoms with Gasteiger partial charge in [0.1, 0.15) is 0 Å². The SMILES string of the molecule is Cc1ccsc1C(=O)N(CC(C)C)C1CC1. The minimum absolute atomic E-state index is 0.240. The Morgan fingerprint density at radius 3 is 2.69 bits per heavy atom. The van der Waals surface area contributed by atoms with Crippen molar-refractivity contribution in [1.82, 2.24) is 4.90 Å². The van der Waals surface area contributed by atoms with Gasteiger partial charge in [-0.2, -0.15) is 0 Å². The van der Waals surface area contributed by atoms with Crippen LogP contribution in [0, 0.1) is 12.8 Å². The molecule has 1 heterocycles. The highest BCUT2D eigenvalue weighted by Gasteiger charge is 2.34. The number of rotatable bonds is 4. The van der Waals surface area contributed by atoms with Gasteiger partial charge in [0.15, 0.2) is 0 Å². The van der Waals surface area contributed by atoms with Gasteiger partial charge in [-0.3, -0.25) is 4.79 Å². The largest absolute Gasteiger partial charge is 0.335 e. The maximum absolute atomic E-state index is 12.4. The summed E-state index contributed by atoms with van der Waals surface area (Å²) in [5.74, 6) is 0.786. The normalized spacial score (nSPS) is 15.5. The third-order valence-electron chi connectivity index (χ3n) is 2.87. The molecule has 1 aliphatic rings. The van der Waals surface area contributed by atoms with Crippen molar-refractivity contribution in [2.45, 2.75) is 39.7 Å². The van der Waals surface area contributed by atoms with E-state index in [1.165, 1.54) is 12.8 Å². The lowest BCUT2D eigenvalue weighted by Crippen LogP contribution is -2.35. The maximum atomic E-state index is 12.4. The summed E-state index contributed by atoms with van der Waals surface area (Å²) in [6.45, 7) is 7.25. The maximum Gasteiger partial charge on any atom is 0.264 e. The summed E-state index contributed by atoms with van der Waals surface area (Å²) < 4.78 is 0. The fourth-order valence-corrected chi connectivity index (χ4v) is 2.78. The molecule has 0 aromatic carbocycles. The molecule has 0 saturated heterocycles. The van der Waals surface area contributed by atoms with E-state index in [2.05, 4.69) is 18.7 Å². The first-order chi connectivity index (χ1) is 7.59. The summed E-state index contributed by atoms with van der Waals surface area (Å²) in [4.78, 5) is 15.4. The Balaban J connectivity index is 2.14. The number of thiophene rings is 1. The molecule has 1 aliphatic carbocycles. The lowest BCUT2D eigenvalue weighted by molar-refractivity contribution is 0.0727. The van der Waals surface area contributed by atoms with Gasteiger partial charge in [0.05, 0.1) is 4.88 Å². The molecule has 1 aromatic heterocycles. The van der Waals surface area contributed by atoms with Crippen LogP contribution in [0.2, 0.25) is 0 Å². The number of aryl methyl sites for hydroxylation is 1. The molecular formula is C13H19NOS. The van der Waals surface area contributed by atoms with E-state index in [1.807, 2.05) is 18.4 Å². The predicted molar refractivity (Wildman–Crippen MR) is 68.0 cm³/mol. The molecule has 0 bridgehead atoms. The molecule has 1 aromatic rings. The van der Waals surface area contributed by atoms with Crippen molar-refractivity contribution in [2.24, 2.45) is 5.92 Å². The van der Waals surface area contributed by atoms with E-state index in [0.29, 0.717) is 12.0 Å². The van der Waals surface area contributed by atoms with Crippen LogP contribution in [0.4, 0.5) is 0 Å². The van der Waals surface area contributed by atoms with Gasteiger partial charge in [0.25, 0.3) is 5.91 Å². The average Bonchev–Trinajstić information content (AvgIpc) is 2.97. The van der Waals surface area contributed by atoms with E-state index >= 15 is 0 Å². The standard InChI is InChI=1S/C13H19NOS/c1-9(2)8-14(11-4-5-11)13(15)12-10(3)6-7-16-12/h6-7,9,11H,4-5,8H2,1-3H3. The van der Waals surface area contributed by atoms with Gasteiger partial charge in [-0.15, -0.1) is 11.3 Å². The summed E-state index contributed by atoms with van der Waals surface area (Å²) in [6, 6.07) is 2.54. The van der Waals surface area contributed by atoms with Crippen LogP contribution < -0.4 is 0 Å². The first kappa shape index (κ1) is 11.6. The van der Waals surface area contributed by atoms with Gasteiger partial charge in [0.2, 0.25) is 0 Å². The topological polar surface area (TPSA) is 20.3 Å². The van der Waals surface area contributed by atoms with Crippen LogP contribution in [-0.2, 0) is 0 Å². The van der Waals surface area contributed by atoms with Crippen LogP contribution in [0.5, 0.6) is 0 Å². The number of hydrogen-bond acceptors (Lipinski definition) is 2. The monoisotopic (exact) mass is 237 g/mol. The molecule has 0 aliphatic heterocycles. The average molecular weight is 237 g/mol. The summed E-state index contributed by atoms with van der Waals surface area (Å²) in [5, 5.41) is 2.00. The fraction of sp³-hybridized carbons (Fsp3) is 0.615. The van der Waals surface area contributed by atoms with Crippen LogP contribution in [0.3, 0.4) is 0 Å². The molecule has 0 atom stereocenters. The summed E-state index contributed by atoms with van der Waals surface area (Å²) in [7, 11) is 0. The zero-order valence-electron chi connectivity index (χ0n) is 10.2. The number of hydrogen-bond donors (Lipinski definition) is 0. The van der Waals surface area contributed by atoms with Crippen molar-refractivity contribution >= 4 is 17.2 Å². The van der Waals surface area contributed by atoms with E-state index < -0.39 is 0 Å². The molecule has 2 rings (SSSR count). The minimum Gasteiger partial charge on any atom is -0.335 e. The Hall–Kier alpha value is -0.830. The lowest BCUT2D eigenvalue weighted by atomic mass is 10.2. The van der Waals surface area contributed by atoms with E-state index in [1.54, 1.807) is 11.3 Å². The third kappa shape index (κ3) is 2.46. The number of carbonyl (C=O) groups excluding carboxylic acids is 1. The van der Waals surface area contributed by atoms with Crippen LogP contribution in [0.1, 0.15) is 41.9 Å². The second kappa shape index (κ2) is 4.58. The predicted octanol–water partition coefficient (Wildman–Crippen LogP) is 3.32. The molecule has 2 nitrogen and oxygen atoms in total. The molecule has 1 saturated carbocycles. The number of nitrogens with zero attached hydrogens (tertiary/aromatic N) is 1. The van der Waals surface area contributed by atoms with E-state index in [9.17, 15) is 4.79 Å². The molecule has 0 radical (unpaired) electrons. The number of amides is 1. The van der Waals surface area contributed by atoms with Gasteiger partial charge in [-0.1, -0.05) is 13.8 Å². The fourth-order valence-electron chi connectivity index (χ4n) is 1.90. The van der Waals surface area contributed by atoms with Crippen LogP contribution in [0.25, 0.3) is 0 Å². The van der Waals surface area contributed by atoms with Crippen LogP contribution >= 0.6 is 11.3 Å². The molecule has 0 N–H and O–H groups in total. The van der Waals surface area contributed by atoms with Crippen LogP contribution in [-0.4, -0.2) is 23.4 Å². The Kier molecular flexibility index (Phi) is 3.33. The smallest absolute Gasteiger partial charge is 0.264 e.